The molecule has 3 heteroatoms. The van der Waals surface area contributed by atoms with Crippen molar-refractivity contribution in [1.82, 2.24) is 0 Å². The Morgan fingerprint density at radius 1 is 1.41 bits per heavy atom. The zero-order valence-corrected chi connectivity index (χ0v) is 10.9. The quantitative estimate of drug-likeness (QED) is 0.760. The van der Waals surface area contributed by atoms with Gasteiger partial charge in [0.15, 0.2) is 5.78 Å². The summed E-state index contributed by atoms with van der Waals surface area (Å²) in [4.78, 5) is 12.1. The molecule has 1 aromatic carbocycles. The number of ketones is 1. The lowest BCUT2D eigenvalue weighted by atomic mass is 9.92. The van der Waals surface area contributed by atoms with Crippen LogP contribution < -0.4 is 0 Å². The molecule has 92 valence electrons. The van der Waals surface area contributed by atoms with Crippen LogP contribution in [0, 0.1) is 18.7 Å². The van der Waals surface area contributed by atoms with E-state index in [-0.39, 0.29) is 11.6 Å². The van der Waals surface area contributed by atoms with Crippen molar-refractivity contribution in [3.05, 3.63) is 35.1 Å². The standard InChI is InChI=1S/C14H17FOS/c1-10-2-3-12(15)9-13(10)14(16)8-11-4-6-17-7-5-11/h2-3,9,11H,4-8H2,1H3. The van der Waals surface area contributed by atoms with Crippen molar-refractivity contribution >= 4 is 17.5 Å². The van der Waals surface area contributed by atoms with Gasteiger partial charge in [-0.3, -0.25) is 4.79 Å². The van der Waals surface area contributed by atoms with Crippen LogP contribution in [0.25, 0.3) is 0 Å². The maximum atomic E-state index is 13.1. The molecule has 17 heavy (non-hydrogen) atoms. The lowest BCUT2D eigenvalue weighted by Crippen LogP contribution is -2.15. The van der Waals surface area contributed by atoms with Crippen molar-refractivity contribution in [3.8, 4) is 0 Å². The average molecular weight is 252 g/mol. The minimum absolute atomic E-state index is 0.0962. The third-order valence-corrected chi connectivity index (χ3v) is 4.36. The Balaban J connectivity index is 2.05. The van der Waals surface area contributed by atoms with Gasteiger partial charge >= 0.3 is 0 Å². The third-order valence-electron chi connectivity index (χ3n) is 3.31. The summed E-state index contributed by atoms with van der Waals surface area (Å²) in [6, 6.07) is 4.46. The van der Waals surface area contributed by atoms with Gasteiger partial charge < -0.3 is 0 Å². The summed E-state index contributed by atoms with van der Waals surface area (Å²) >= 11 is 1.96. The normalized spacial score (nSPS) is 17.1. The molecule has 1 aliphatic heterocycles. The van der Waals surface area contributed by atoms with E-state index in [0.29, 0.717) is 17.9 Å². The predicted octanol–water partition coefficient (Wildman–Crippen LogP) is 3.85. The molecule has 0 atom stereocenters. The number of benzene rings is 1. The number of carbonyl (C=O) groups is 1. The molecule has 0 amide bonds. The first kappa shape index (κ1) is 12.6. The molecule has 0 N–H and O–H groups in total. The maximum Gasteiger partial charge on any atom is 0.163 e. The van der Waals surface area contributed by atoms with E-state index in [2.05, 4.69) is 0 Å². The molecule has 0 aliphatic carbocycles. The van der Waals surface area contributed by atoms with Crippen molar-refractivity contribution in [2.75, 3.05) is 11.5 Å². The van der Waals surface area contributed by atoms with Crippen LogP contribution in [0.4, 0.5) is 4.39 Å². The Kier molecular flexibility index (Phi) is 4.21. The molecule has 1 aliphatic rings. The second-order valence-corrected chi connectivity index (χ2v) is 5.87. The molecule has 1 nitrogen and oxygen atoms in total. The van der Waals surface area contributed by atoms with Crippen LogP contribution >= 0.6 is 11.8 Å². The van der Waals surface area contributed by atoms with E-state index in [1.165, 1.54) is 12.1 Å². The molecule has 0 bridgehead atoms. The van der Waals surface area contributed by atoms with E-state index in [4.69, 9.17) is 0 Å². The molecule has 1 saturated heterocycles. The monoisotopic (exact) mass is 252 g/mol. The number of rotatable bonds is 3. The number of Topliss-reactive ketones (excluding diaryl/α,β-unsaturated/α-hetero) is 1. The summed E-state index contributed by atoms with van der Waals surface area (Å²) in [5, 5.41) is 0. The summed E-state index contributed by atoms with van der Waals surface area (Å²) in [6.45, 7) is 1.86. The van der Waals surface area contributed by atoms with Crippen molar-refractivity contribution < 1.29 is 9.18 Å². The molecular formula is C14H17FOS. The minimum Gasteiger partial charge on any atom is -0.294 e. The van der Waals surface area contributed by atoms with Crippen LogP contribution in [0.1, 0.15) is 35.2 Å². The van der Waals surface area contributed by atoms with Crippen LogP contribution in [-0.4, -0.2) is 17.3 Å². The predicted molar refractivity (Wildman–Crippen MR) is 70.1 cm³/mol. The molecule has 0 radical (unpaired) electrons. The SMILES string of the molecule is Cc1ccc(F)cc1C(=O)CC1CCSCC1. The topological polar surface area (TPSA) is 17.1 Å². The second-order valence-electron chi connectivity index (χ2n) is 4.64. The van der Waals surface area contributed by atoms with E-state index in [1.807, 2.05) is 18.7 Å². The van der Waals surface area contributed by atoms with Crippen molar-refractivity contribution in [1.29, 1.82) is 0 Å². The Morgan fingerprint density at radius 3 is 2.82 bits per heavy atom. The Bertz CT molecular complexity index is 411. The van der Waals surface area contributed by atoms with Crippen LogP contribution in [0.2, 0.25) is 0 Å². The van der Waals surface area contributed by atoms with E-state index in [0.717, 1.165) is 29.9 Å². The molecule has 0 saturated carbocycles. The summed E-state index contributed by atoms with van der Waals surface area (Å²) in [7, 11) is 0. The van der Waals surface area contributed by atoms with Crippen molar-refractivity contribution in [2.24, 2.45) is 5.92 Å². The van der Waals surface area contributed by atoms with Gasteiger partial charge in [-0.15, -0.1) is 0 Å². The second kappa shape index (κ2) is 5.67. The van der Waals surface area contributed by atoms with Gasteiger partial charge in [0, 0.05) is 12.0 Å². The van der Waals surface area contributed by atoms with E-state index < -0.39 is 0 Å². The van der Waals surface area contributed by atoms with Crippen molar-refractivity contribution in [2.45, 2.75) is 26.2 Å². The van der Waals surface area contributed by atoms with Gasteiger partial charge in [-0.05, 0) is 54.9 Å². The third kappa shape index (κ3) is 3.32. The summed E-state index contributed by atoms with van der Waals surface area (Å²) < 4.78 is 13.1. The van der Waals surface area contributed by atoms with Crippen molar-refractivity contribution in [3.63, 3.8) is 0 Å². The van der Waals surface area contributed by atoms with Gasteiger partial charge in [-0.25, -0.2) is 4.39 Å². The summed E-state index contributed by atoms with van der Waals surface area (Å²) in [5.74, 6) is 2.57. The number of hydrogen-bond donors (Lipinski definition) is 0. The number of hydrogen-bond acceptors (Lipinski definition) is 2. The fourth-order valence-electron chi connectivity index (χ4n) is 2.22. The lowest BCUT2D eigenvalue weighted by Gasteiger charge is -2.20. The van der Waals surface area contributed by atoms with E-state index >= 15 is 0 Å². The molecule has 1 heterocycles. The molecule has 2 rings (SSSR count). The Morgan fingerprint density at radius 2 is 2.12 bits per heavy atom. The Hall–Kier alpha value is -0.830. The van der Waals surface area contributed by atoms with Crippen LogP contribution in [-0.2, 0) is 0 Å². The zero-order chi connectivity index (χ0) is 12.3. The largest absolute Gasteiger partial charge is 0.294 e. The first-order valence-corrected chi connectivity index (χ1v) is 7.19. The van der Waals surface area contributed by atoms with Gasteiger partial charge in [0.2, 0.25) is 0 Å². The Labute approximate surface area is 106 Å². The number of thioether (sulfide) groups is 1. The highest BCUT2D eigenvalue weighted by molar-refractivity contribution is 7.99. The van der Waals surface area contributed by atoms with Crippen LogP contribution in [0.5, 0.6) is 0 Å². The molecule has 0 spiro atoms. The van der Waals surface area contributed by atoms with Crippen LogP contribution in [0.3, 0.4) is 0 Å². The first-order chi connectivity index (χ1) is 8.16. The zero-order valence-electron chi connectivity index (χ0n) is 10.0. The maximum absolute atomic E-state index is 13.1. The minimum atomic E-state index is -0.321. The highest BCUT2D eigenvalue weighted by atomic mass is 32.2. The van der Waals surface area contributed by atoms with Gasteiger partial charge in [0.1, 0.15) is 5.82 Å². The summed E-state index contributed by atoms with van der Waals surface area (Å²) in [6.07, 6.45) is 2.81. The molecule has 0 unspecified atom stereocenters. The van der Waals surface area contributed by atoms with Gasteiger partial charge in [0.05, 0.1) is 0 Å². The molecular weight excluding hydrogens is 235 g/mol. The molecule has 1 fully saturated rings. The lowest BCUT2D eigenvalue weighted by molar-refractivity contribution is 0.0957. The first-order valence-electron chi connectivity index (χ1n) is 6.04. The van der Waals surface area contributed by atoms with E-state index in [9.17, 15) is 9.18 Å². The van der Waals surface area contributed by atoms with Gasteiger partial charge in [0.25, 0.3) is 0 Å². The average Bonchev–Trinajstić information content (AvgIpc) is 2.33. The van der Waals surface area contributed by atoms with Gasteiger partial charge in [-0.2, -0.15) is 11.8 Å². The van der Waals surface area contributed by atoms with Gasteiger partial charge in [-0.1, -0.05) is 6.07 Å². The number of halogens is 1. The van der Waals surface area contributed by atoms with E-state index in [1.54, 1.807) is 6.07 Å². The highest BCUT2D eigenvalue weighted by Gasteiger charge is 2.19. The number of aryl methyl sites for hydroxylation is 1. The summed E-state index contributed by atoms with van der Waals surface area (Å²) in [5.41, 5.74) is 1.44. The smallest absolute Gasteiger partial charge is 0.163 e. The highest BCUT2D eigenvalue weighted by Crippen LogP contribution is 2.27. The number of carbonyl (C=O) groups excluding carboxylic acids is 1. The fourth-order valence-corrected chi connectivity index (χ4v) is 3.42. The fraction of sp³-hybridized carbons (Fsp3) is 0.500. The molecule has 1 aromatic rings. The van der Waals surface area contributed by atoms with Crippen LogP contribution in [0.15, 0.2) is 18.2 Å². The molecule has 0 aromatic heterocycles.